The molecule has 0 spiro atoms. The first-order valence-corrected chi connectivity index (χ1v) is 6.77. The Bertz CT molecular complexity index is 397. The lowest BCUT2D eigenvalue weighted by molar-refractivity contribution is 0.280. The van der Waals surface area contributed by atoms with Crippen molar-refractivity contribution in [2.45, 2.75) is 38.6 Å². The SMILES string of the molecule is COc1ccc(C(C)C)cc1NCC1CC(N)C1. The molecule has 18 heavy (non-hydrogen) atoms. The molecular weight excluding hydrogens is 224 g/mol. The van der Waals surface area contributed by atoms with Crippen molar-refractivity contribution >= 4 is 5.69 Å². The second-order valence-electron chi connectivity index (χ2n) is 5.59. The molecule has 0 heterocycles. The van der Waals surface area contributed by atoms with Crippen LogP contribution >= 0.6 is 0 Å². The Balaban J connectivity index is 2.02. The van der Waals surface area contributed by atoms with Gasteiger partial charge in [0.05, 0.1) is 12.8 Å². The van der Waals surface area contributed by atoms with Gasteiger partial charge in [-0.15, -0.1) is 0 Å². The van der Waals surface area contributed by atoms with Gasteiger partial charge in [0.15, 0.2) is 0 Å². The maximum absolute atomic E-state index is 5.81. The minimum Gasteiger partial charge on any atom is -0.495 e. The van der Waals surface area contributed by atoms with Crippen LogP contribution < -0.4 is 15.8 Å². The fraction of sp³-hybridized carbons (Fsp3) is 0.600. The zero-order chi connectivity index (χ0) is 13.1. The molecule has 1 aliphatic rings. The van der Waals surface area contributed by atoms with Crippen molar-refractivity contribution in [2.75, 3.05) is 19.0 Å². The lowest BCUT2D eigenvalue weighted by Gasteiger charge is -2.33. The first-order chi connectivity index (χ1) is 8.60. The van der Waals surface area contributed by atoms with Crippen molar-refractivity contribution in [1.29, 1.82) is 0 Å². The zero-order valence-corrected chi connectivity index (χ0v) is 11.6. The van der Waals surface area contributed by atoms with Gasteiger partial charge >= 0.3 is 0 Å². The number of anilines is 1. The fourth-order valence-corrected chi connectivity index (χ4v) is 2.43. The third-order valence-corrected chi connectivity index (χ3v) is 3.74. The van der Waals surface area contributed by atoms with Gasteiger partial charge in [0.2, 0.25) is 0 Å². The molecule has 0 bridgehead atoms. The number of nitrogens with one attached hydrogen (secondary N) is 1. The van der Waals surface area contributed by atoms with Crippen LogP contribution in [0, 0.1) is 5.92 Å². The largest absolute Gasteiger partial charge is 0.495 e. The van der Waals surface area contributed by atoms with E-state index in [1.165, 1.54) is 5.56 Å². The van der Waals surface area contributed by atoms with E-state index in [0.29, 0.717) is 17.9 Å². The Morgan fingerprint density at radius 2 is 2.11 bits per heavy atom. The maximum atomic E-state index is 5.81. The predicted molar refractivity (Wildman–Crippen MR) is 76.3 cm³/mol. The van der Waals surface area contributed by atoms with Crippen molar-refractivity contribution < 1.29 is 4.74 Å². The molecule has 3 heteroatoms. The molecule has 100 valence electrons. The van der Waals surface area contributed by atoms with Gasteiger partial charge in [-0.2, -0.15) is 0 Å². The molecule has 0 aromatic heterocycles. The number of hydrogen-bond donors (Lipinski definition) is 2. The van der Waals surface area contributed by atoms with Gasteiger partial charge in [-0.3, -0.25) is 0 Å². The average molecular weight is 248 g/mol. The second-order valence-corrected chi connectivity index (χ2v) is 5.59. The Morgan fingerprint density at radius 1 is 1.39 bits per heavy atom. The van der Waals surface area contributed by atoms with Gasteiger partial charge in [-0.05, 0) is 42.4 Å². The first-order valence-electron chi connectivity index (χ1n) is 6.77. The van der Waals surface area contributed by atoms with Gasteiger partial charge in [0.25, 0.3) is 0 Å². The number of methoxy groups -OCH3 is 1. The van der Waals surface area contributed by atoms with Gasteiger partial charge in [0.1, 0.15) is 5.75 Å². The van der Waals surface area contributed by atoms with E-state index in [1.807, 2.05) is 6.07 Å². The van der Waals surface area contributed by atoms with Crippen LogP contribution in [0.4, 0.5) is 5.69 Å². The minimum atomic E-state index is 0.417. The standard InChI is InChI=1S/C15H24N2O/c1-10(2)12-4-5-15(18-3)14(8-12)17-9-11-6-13(16)7-11/h4-5,8,10-11,13,17H,6-7,9,16H2,1-3H3. The van der Waals surface area contributed by atoms with E-state index < -0.39 is 0 Å². The van der Waals surface area contributed by atoms with Crippen LogP contribution in [0.25, 0.3) is 0 Å². The maximum Gasteiger partial charge on any atom is 0.141 e. The van der Waals surface area contributed by atoms with Crippen LogP contribution in [0.1, 0.15) is 38.2 Å². The number of hydrogen-bond acceptors (Lipinski definition) is 3. The van der Waals surface area contributed by atoms with Crippen LogP contribution in [0.3, 0.4) is 0 Å². The van der Waals surface area contributed by atoms with Crippen LogP contribution in [0.2, 0.25) is 0 Å². The van der Waals surface area contributed by atoms with Crippen molar-refractivity contribution in [1.82, 2.24) is 0 Å². The topological polar surface area (TPSA) is 47.3 Å². The van der Waals surface area contributed by atoms with Crippen molar-refractivity contribution in [2.24, 2.45) is 11.7 Å². The van der Waals surface area contributed by atoms with Gasteiger partial charge < -0.3 is 15.8 Å². The predicted octanol–water partition coefficient (Wildman–Crippen LogP) is 2.97. The second kappa shape index (κ2) is 5.61. The van der Waals surface area contributed by atoms with Crippen LogP contribution in [0.5, 0.6) is 5.75 Å². The van der Waals surface area contributed by atoms with Gasteiger partial charge in [0, 0.05) is 12.6 Å². The summed E-state index contributed by atoms with van der Waals surface area (Å²) in [6, 6.07) is 6.79. The number of benzene rings is 1. The summed E-state index contributed by atoms with van der Waals surface area (Å²) in [7, 11) is 1.72. The molecular formula is C15H24N2O. The molecule has 0 atom stereocenters. The van der Waals surface area contributed by atoms with E-state index in [2.05, 4.69) is 31.3 Å². The fourth-order valence-electron chi connectivity index (χ4n) is 2.43. The Hall–Kier alpha value is -1.22. The van der Waals surface area contributed by atoms with Gasteiger partial charge in [-0.1, -0.05) is 19.9 Å². The van der Waals surface area contributed by atoms with E-state index in [4.69, 9.17) is 10.5 Å². The highest BCUT2D eigenvalue weighted by molar-refractivity contribution is 5.58. The summed E-state index contributed by atoms with van der Waals surface area (Å²) >= 11 is 0. The molecule has 1 aromatic rings. The van der Waals surface area contributed by atoms with E-state index >= 15 is 0 Å². The number of rotatable bonds is 5. The number of nitrogens with two attached hydrogens (primary N) is 1. The quantitative estimate of drug-likeness (QED) is 0.842. The summed E-state index contributed by atoms with van der Waals surface area (Å²) in [4.78, 5) is 0. The smallest absolute Gasteiger partial charge is 0.141 e. The molecule has 2 rings (SSSR count). The first kappa shape index (κ1) is 13.2. The molecule has 1 aromatic carbocycles. The summed E-state index contributed by atoms with van der Waals surface area (Å²) in [6.07, 6.45) is 2.28. The lowest BCUT2D eigenvalue weighted by Crippen LogP contribution is -2.39. The highest BCUT2D eigenvalue weighted by Gasteiger charge is 2.25. The molecule has 1 fully saturated rings. The molecule has 3 nitrogen and oxygen atoms in total. The van der Waals surface area contributed by atoms with Crippen molar-refractivity contribution in [3.8, 4) is 5.75 Å². The van der Waals surface area contributed by atoms with Crippen LogP contribution in [-0.2, 0) is 0 Å². The van der Waals surface area contributed by atoms with E-state index in [0.717, 1.165) is 30.8 Å². The minimum absolute atomic E-state index is 0.417. The molecule has 1 saturated carbocycles. The van der Waals surface area contributed by atoms with E-state index in [-0.39, 0.29) is 0 Å². The Kier molecular flexibility index (Phi) is 4.12. The summed E-state index contributed by atoms with van der Waals surface area (Å²) in [5.74, 6) is 2.17. The molecule has 0 radical (unpaired) electrons. The molecule has 0 amide bonds. The average Bonchev–Trinajstić information content (AvgIpc) is 2.32. The third kappa shape index (κ3) is 2.96. The summed E-state index contributed by atoms with van der Waals surface area (Å²) in [6.45, 7) is 5.40. The molecule has 0 aliphatic heterocycles. The highest BCUT2D eigenvalue weighted by atomic mass is 16.5. The monoisotopic (exact) mass is 248 g/mol. The van der Waals surface area contributed by atoms with Crippen molar-refractivity contribution in [3.63, 3.8) is 0 Å². The summed E-state index contributed by atoms with van der Waals surface area (Å²) in [5, 5.41) is 3.50. The van der Waals surface area contributed by atoms with Crippen LogP contribution in [0.15, 0.2) is 18.2 Å². The molecule has 3 N–H and O–H groups in total. The molecule has 1 aliphatic carbocycles. The third-order valence-electron chi connectivity index (χ3n) is 3.74. The Labute approximate surface area is 110 Å². The van der Waals surface area contributed by atoms with E-state index in [9.17, 15) is 0 Å². The summed E-state index contributed by atoms with van der Waals surface area (Å²) in [5.41, 5.74) is 8.24. The lowest BCUT2D eigenvalue weighted by atomic mass is 9.81. The molecule has 0 saturated heterocycles. The van der Waals surface area contributed by atoms with Crippen molar-refractivity contribution in [3.05, 3.63) is 23.8 Å². The highest BCUT2D eigenvalue weighted by Crippen LogP contribution is 2.31. The van der Waals surface area contributed by atoms with Crippen LogP contribution in [-0.4, -0.2) is 19.7 Å². The normalized spacial score (nSPS) is 22.7. The Morgan fingerprint density at radius 3 is 2.67 bits per heavy atom. The zero-order valence-electron chi connectivity index (χ0n) is 11.6. The number of ether oxygens (including phenoxy) is 1. The van der Waals surface area contributed by atoms with Gasteiger partial charge in [-0.25, -0.2) is 0 Å². The summed E-state index contributed by atoms with van der Waals surface area (Å²) < 4.78 is 5.40. The molecule has 0 unspecified atom stereocenters. The van der Waals surface area contributed by atoms with E-state index in [1.54, 1.807) is 7.11 Å².